The highest BCUT2D eigenvalue weighted by molar-refractivity contribution is 5.92. The molecule has 0 radical (unpaired) electrons. The van der Waals surface area contributed by atoms with Crippen LogP contribution in [0.15, 0.2) is 28.9 Å². The van der Waals surface area contributed by atoms with Crippen LogP contribution in [0.25, 0.3) is 0 Å². The Kier molecular flexibility index (Phi) is 3.57. The van der Waals surface area contributed by atoms with Crippen molar-refractivity contribution in [2.24, 2.45) is 0 Å². The fraction of sp³-hybridized carbons (Fsp3) is 0.250. The van der Waals surface area contributed by atoms with Gasteiger partial charge in [-0.2, -0.15) is 0 Å². The number of rotatable bonds is 4. The van der Waals surface area contributed by atoms with Gasteiger partial charge in [0.2, 0.25) is 5.89 Å². The lowest BCUT2D eigenvalue weighted by Gasteiger charge is -2.04. The highest BCUT2D eigenvalue weighted by Gasteiger charge is 2.09. The standard InChI is InChI=1S/C12H14N4O2/c1-8-6-15-11(18-8)7-16-12(17)10-5-9(13-2)3-4-14-10/h3-6H,7H2,1-2H3,(H,13,14)(H,16,17). The number of nitrogens with one attached hydrogen (secondary N) is 2. The lowest BCUT2D eigenvalue weighted by molar-refractivity contribution is 0.0942. The van der Waals surface area contributed by atoms with Gasteiger partial charge in [0.05, 0.1) is 12.7 Å². The third-order valence-corrected chi connectivity index (χ3v) is 2.35. The van der Waals surface area contributed by atoms with Crippen molar-refractivity contribution in [2.75, 3.05) is 12.4 Å². The first-order valence-corrected chi connectivity index (χ1v) is 5.52. The lowest BCUT2D eigenvalue weighted by atomic mass is 10.3. The van der Waals surface area contributed by atoms with E-state index in [1.165, 1.54) is 0 Å². The minimum absolute atomic E-state index is 0.248. The van der Waals surface area contributed by atoms with Crippen LogP contribution in [0.3, 0.4) is 0 Å². The Morgan fingerprint density at radius 2 is 2.28 bits per heavy atom. The molecule has 6 heteroatoms. The second-order valence-corrected chi connectivity index (χ2v) is 3.73. The topological polar surface area (TPSA) is 80.0 Å². The van der Waals surface area contributed by atoms with Gasteiger partial charge < -0.3 is 15.1 Å². The van der Waals surface area contributed by atoms with E-state index < -0.39 is 0 Å². The van der Waals surface area contributed by atoms with Gasteiger partial charge in [-0.25, -0.2) is 4.98 Å². The quantitative estimate of drug-likeness (QED) is 0.851. The molecule has 2 N–H and O–H groups in total. The SMILES string of the molecule is CNc1ccnc(C(=O)NCc2ncc(C)o2)c1. The van der Waals surface area contributed by atoms with Crippen LogP contribution in [-0.2, 0) is 6.54 Å². The van der Waals surface area contributed by atoms with Crippen molar-refractivity contribution in [1.29, 1.82) is 0 Å². The molecule has 0 saturated heterocycles. The number of hydrogen-bond acceptors (Lipinski definition) is 5. The highest BCUT2D eigenvalue weighted by Crippen LogP contribution is 2.07. The molecule has 0 fully saturated rings. The Morgan fingerprint density at radius 3 is 2.94 bits per heavy atom. The first kappa shape index (κ1) is 12.1. The van der Waals surface area contributed by atoms with E-state index in [9.17, 15) is 4.79 Å². The number of aromatic nitrogens is 2. The molecular weight excluding hydrogens is 232 g/mol. The van der Waals surface area contributed by atoms with Crippen LogP contribution >= 0.6 is 0 Å². The zero-order chi connectivity index (χ0) is 13.0. The number of carbonyl (C=O) groups excluding carboxylic acids is 1. The number of aryl methyl sites for hydroxylation is 1. The average Bonchev–Trinajstić information content (AvgIpc) is 2.82. The number of anilines is 1. The maximum Gasteiger partial charge on any atom is 0.270 e. The van der Waals surface area contributed by atoms with Crippen molar-refractivity contribution in [3.05, 3.63) is 41.9 Å². The Bertz CT molecular complexity index is 551. The third kappa shape index (κ3) is 2.85. The van der Waals surface area contributed by atoms with Crippen molar-refractivity contribution in [3.8, 4) is 0 Å². The van der Waals surface area contributed by atoms with Crippen LogP contribution in [0.5, 0.6) is 0 Å². The summed E-state index contributed by atoms with van der Waals surface area (Å²) in [6.07, 6.45) is 3.19. The Morgan fingerprint density at radius 1 is 1.44 bits per heavy atom. The van der Waals surface area contributed by atoms with E-state index in [-0.39, 0.29) is 12.5 Å². The number of nitrogens with zero attached hydrogens (tertiary/aromatic N) is 2. The van der Waals surface area contributed by atoms with Gasteiger partial charge >= 0.3 is 0 Å². The molecule has 0 atom stereocenters. The molecular formula is C12H14N4O2. The fourth-order valence-electron chi connectivity index (χ4n) is 1.44. The summed E-state index contributed by atoms with van der Waals surface area (Å²) in [6, 6.07) is 3.46. The molecule has 0 unspecified atom stereocenters. The van der Waals surface area contributed by atoms with Crippen molar-refractivity contribution in [3.63, 3.8) is 0 Å². The van der Waals surface area contributed by atoms with E-state index in [0.29, 0.717) is 11.6 Å². The summed E-state index contributed by atoms with van der Waals surface area (Å²) in [6.45, 7) is 2.05. The molecule has 94 valence electrons. The van der Waals surface area contributed by atoms with Crippen LogP contribution in [0.4, 0.5) is 5.69 Å². The number of carbonyl (C=O) groups is 1. The van der Waals surface area contributed by atoms with Gasteiger partial charge in [-0.3, -0.25) is 9.78 Å². The van der Waals surface area contributed by atoms with Crippen LogP contribution in [0.2, 0.25) is 0 Å². The summed E-state index contributed by atoms with van der Waals surface area (Å²) in [5, 5.41) is 5.64. The monoisotopic (exact) mass is 246 g/mol. The predicted molar refractivity (Wildman–Crippen MR) is 66.2 cm³/mol. The number of hydrogen-bond donors (Lipinski definition) is 2. The predicted octanol–water partition coefficient (Wildman–Crippen LogP) is 1.35. The molecule has 0 aromatic carbocycles. The minimum Gasteiger partial charge on any atom is -0.444 e. The maximum absolute atomic E-state index is 11.8. The molecule has 0 aliphatic carbocycles. The molecule has 2 aromatic heterocycles. The normalized spacial score (nSPS) is 10.1. The zero-order valence-corrected chi connectivity index (χ0v) is 10.2. The van der Waals surface area contributed by atoms with Crippen molar-refractivity contribution < 1.29 is 9.21 Å². The van der Waals surface area contributed by atoms with Gasteiger partial charge in [0.1, 0.15) is 11.5 Å². The molecule has 0 aliphatic heterocycles. The first-order chi connectivity index (χ1) is 8.69. The van der Waals surface area contributed by atoms with Crippen molar-refractivity contribution >= 4 is 11.6 Å². The molecule has 2 rings (SSSR count). The first-order valence-electron chi connectivity index (χ1n) is 5.52. The molecule has 6 nitrogen and oxygen atoms in total. The van der Waals surface area contributed by atoms with Crippen LogP contribution in [0.1, 0.15) is 22.1 Å². The summed E-state index contributed by atoms with van der Waals surface area (Å²) in [4.78, 5) is 19.8. The van der Waals surface area contributed by atoms with Gasteiger partial charge in [0.15, 0.2) is 0 Å². The van der Waals surface area contributed by atoms with Gasteiger partial charge in [0, 0.05) is 18.9 Å². The Hall–Kier alpha value is -2.37. The van der Waals surface area contributed by atoms with Gasteiger partial charge in [-0.15, -0.1) is 0 Å². The van der Waals surface area contributed by atoms with E-state index in [1.54, 1.807) is 38.5 Å². The smallest absolute Gasteiger partial charge is 0.270 e. The number of pyridine rings is 1. The van der Waals surface area contributed by atoms with Crippen LogP contribution in [0, 0.1) is 6.92 Å². The molecule has 1 amide bonds. The van der Waals surface area contributed by atoms with Gasteiger partial charge in [-0.05, 0) is 19.1 Å². The molecule has 0 saturated carbocycles. The number of oxazole rings is 1. The van der Waals surface area contributed by atoms with Gasteiger partial charge in [0.25, 0.3) is 5.91 Å². The third-order valence-electron chi connectivity index (χ3n) is 2.35. The fourth-order valence-corrected chi connectivity index (χ4v) is 1.44. The lowest BCUT2D eigenvalue weighted by Crippen LogP contribution is -2.24. The largest absolute Gasteiger partial charge is 0.444 e. The second kappa shape index (κ2) is 5.31. The molecule has 2 heterocycles. The average molecular weight is 246 g/mol. The summed E-state index contributed by atoms with van der Waals surface area (Å²) in [5.41, 5.74) is 1.19. The van der Waals surface area contributed by atoms with E-state index in [2.05, 4.69) is 20.6 Å². The minimum atomic E-state index is -0.261. The molecule has 2 aromatic rings. The van der Waals surface area contributed by atoms with E-state index >= 15 is 0 Å². The number of amides is 1. The summed E-state index contributed by atoms with van der Waals surface area (Å²) < 4.78 is 5.26. The Labute approximate surface area is 104 Å². The maximum atomic E-state index is 11.8. The highest BCUT2D eigenvalue weighted by atomic mass is 16.4. The van der Waals surface area contributed by atoms with Crippen LogP contribution < -0.4 is 10.6 Å². The summed E-state index contributed by atoms with van der Waals surface area (Å²) >= 11 is 0. The second-order valence-electron chi connectivity index (χ2n) is 3.73. The van der Waals surface area contributed by atoms with E-state index in [1.807, 2.05) is 0 Å². The van der Waals surface area contributed by atoms with Gasteiger partial charge in [-0.1, -0.05) is 0 Å². The summed E-state index contributed by atoms with van der Waals surface area (Å²) in [5.74, 6) is 0.933. The van der Waals surface area contributed by atoms with E-state index in [0.717, 1.165) is 11.4 Å². The molecule has 0 spiro atoms. The summed E-state index contributed by atoms with van der Waals surface area (Å²) in [7, 11) is 1.78. The van der Waals surface area contributed by atoms with E-state index in [4.69, 9.17) is 4.42 Å². The Balaban J connectivity index is 1.99. The zero-order valence-electron chi connectivity index (χ0n) is 10.2. The van der Waals surface area contributed by atoms with Crippen molar-refractivity contribution in [1.82, 2.24) is 15.3 Å². The molecule has 0 aliphatic rings. The van der Waals surface area contributed by atoms with Crippen molar-refractivity contribution in [2.45, 2.75) is 13.5 Å². The molecule has 0 bridgehead atoms. The molecule has 18 heavy (non-hydrogen) atoms. The van der Waals surface area contributed by atoms with Crippen LogP contribution in [-0.4, -0.2) is 22.9 Å².